The lowest BCUT2D eigenvalue weighted by atomic mass is 9.94. The summed E-state index contributed by atoms with van der Waals surface area (Å²) in [4.78, 5) is 38.9. The summed E-state index contributed by atoms with van der Waals surface area (Å²) in [6.45, 7) is 0.0835. The molecule has 2 aromatic rings. The van der Waals surface area contributed by atoms with Crippen molar-refractivity contribution in [1.82, 2.24) is 25.3 Å². The molecule has 164 valence electrons. The summed E-state index contributed by atoms with van der Waals surface area (Å²) in [5.41, 5.74) is 1.07. The first kappa shape index (κ1) is 20.9. The quantitative estimate of drug-likeness (QED) is 0.722. The monoisotopic (exact) mass is 435 g/mol. The maximum absolute atomic E-state index is 12.9. The van der Waals surface area contributed by atoms with Crippen molar-refractivity contribution in [2.24, 2.45) is 0 Å². The number of likely N-dealkylation sites (tertiary alicyclic amines) is 1. The number of H-pyrrole nitrogens is 1. The fourth-order valence-corrected chi connectivity index (χ4v) is 4.01. The molecule has 11 heteroatoms. The Morgan fingerprint density at radius 1 is 1.16 bits per heavy atom. The number of imide groups is 1. The van der Waals surface area contributed by atoms with Crippen molar-refractivity contribution in [3.63, 3.8) is 0 Å². The van der Waals surface area contributed by atoms with Crippen LogP contribution in [0.5, 0.6) is 0 Å². The number of piperidine rings is 1. The predicted octanol–water partition coefficient (Wildman–Crippen LogP) is 2.70. The summed E-state index contributed by atoms with van der Waals surface area (Å²) < 4.78 is 38.6. The van der Waals surface area contributed by atoms with Gasteiger partial charge >= 0.3 is 12.2 Å². The number of urea groups is 1. The highest BCUT2D eigenvalue weighted by Crippen LogP contribution is 2.37. The number of alkyl halides is 3. The zero-order chi connectivity index (χ0) is 22.2. The van der Waals surface area contributed by atoms with Crippen LogP contribution in [0.1, 0.15) is 36.6 Å². The van der Waals surface area contributed by atoms with E-state index in [1.807, 2.05) is 0 Å². The summed E-state index contributed by atoms with van der Waals surface area (Å²) in [6, 6.07) is 3.83. The van der Waals surface area contributed by atoms with E-state index in [2.05, 4.69) is 15.5 Å². The molecular formula is C20H20F3N5O3. The number of halogens is 3. The lowest BCUT2D eigenvalue weighted by Gasteiger charge is -2.36. The van der Waals surface area contributed by atoms with Crippen molar-refractivity contribution in [2.45, 2.75) is 31.5 Å². The molecule has 2 aliphatic heterocycles. The molecule has 3 heterocycles. The SMILES string of the molecule is O=C1CN(CC(=O)N2CCCC[C@@H]2c2[nH]ncc2-c2ccc(C(F)(F)F)cc2)C(=O)N1. The number of carbonyl (C=O) groups excluding carboxylic acids is 3. The molecule has 4 rings (SSSR count). The molecule has 2 saturated heterocycles. The van der Waals surface area contributed by atoms with Gasteiger partial charge in [0.15, 0.2) is 0 Å². The molecule has 0 bridgehead atoms. The number of aromatic nitrogens is 2. The Morgan fingerprint density at radius 2 is 1.90 bits per heavy atom. The standard InChI is InChI=1S/C20H20F3N5O3/c21-20(22,23)13-6-4-12(5-7-13)14-9-24-26-18(14)15-3-1-2-8-28(15)17(30)11-27-10-16(29)25-19(27)31/h4-7,9,15H,1-3,8,10-11H2,(H,24,26)(H,25,29,31)/t15-/m1/s1. The maximum atomic E-state index is 12.9. The van der Waals surface area contributed by atoms with Gasteiger partial charge < -0.3 is 9.80 Å². The van der Waals surface area contributed by atoms with Crippen LogP contribution in [0.15, 0.2) is 30.5 Å². The first-order chi connectivity index (χ1) is 14.7. The highest BCUT2D eigenvalue weighted by atomic mass is 19.4. The molecule has 1 atom stereocenters. The maximum Gasteiger partial charge on any atom is 0.416 e. The van der Waals surface area contributed by atoms with E-state index in [0.29, 0.717) is 29.8 Å². The van der Waals surface area contributed by atoms with Gasteiger partial charge in [0.25, 0.3) is 0 Å². The first-order valence-electron chi connectivity index (χ1n) is 9.83. The van der Waals surface area contributed by atoms with Gasteiger partial charge in [-0.15, -0.1) is 0 Å². The average Bonchev–Trinajstić information content (AvgIpc) is 3.33. The number of carbonyl (C=O) groups is 3. The molecule has 8 nitrogen and oxygen atoms in total. The van der Waals surface area contributed by atoms with E-state index in [4.69, 9.17) is 0 Å². The Labute approximate surface area is 175 Å². The molecule has 0 aliphatic carbocycles. The molecule has 31 heavy (non-hydrogen) atoms. The third-order valence-corrected chi connectivity index (χ3v) is 5.54. The van der Waals surface area contributed by atoms with Crippen LogP contribution in [0.3, 0.4) is 0 Å². The number of hydrogen-bond donors (Lipinski definition) is 2. The third-order valence-electron chi connectivity index (χ3n) is 5.54. The Morgan fingerprint density at radius 3 is 2.55 bits per heavy atom. The number of nitrogens with zero attached hydrogens (tertiary/aromatic N) is 3. The van der Waals surface area contributed by atoms with Gasteiger partial charge in [-0.3, -0.25) is 20.0 Å². The lowest BCUT2D eigenvalue weighted by Crippen LogP contribution is -2.45. The Kier molecular flexibility index (Phi) is 5.42. The fraction of sp³-hybridized carbons (Fsp3) is 0.400. The topological polar surface area (TPSA) is 98.4 Å². The van der Waals surface area contributed by atoms with Crippen LogP contribution in [-0.4, -0.2) is 57.5 Å². The van der Waals surface area contributed by atoms with Gasteiger partial charge in [0.2, 0.25) is 11.8 Å². The molecule has 1 aromatic carbocycles. The van der Waals surface area contributed by atoms with Gasteiger partial charge in [-0.05, 0) is 37.0 Å². The predicted molar refractivity (Wildman–Crippen MR) is 102 cm³/mol. The van der Waals surface area contributed by atoms with Crippen molar-refractivity contribution in [2.75, 3.05) is 19.6 Å². The van der Waals surface area contributed by atoms with Gasteiger partial charge in [0.1, 0.15) is 13.1 Å². The highest BCUT2D eigenvalue weighted by molar-refractivity contribution is 6.03. The van der Waals surface area contributed by atoms with Crippen LogP contribution in [0.25, 0.3) is 11.1 Å². The van der Waals surface area contributed by atoms with Crippen LogP contribution in [-0.2, 0) is 15.8 Å². The van der Waals surface area contributed by atoms with E-state index < -0.39 is 23.7 Å². The Balaban J connectivity index is 1.57. The summed E-state index contributed by atoms with van der Waals surface area (Å²) in [5, 5.41) is 9.10. The van der Waals surface area contributed by atoms with Crippen molar-refractivity contribution >= 4 is 17.8 Å². The van der Waals surface area contributed by atoms with Crippen LogP contribution < -0.4 is 5.32 Å². The highest BCUT2D eigenvalue weighted by Gasteiger charge is 2.35. The number of hydrogen-bond acceptors (Lipinski definition) is 4. The minimum absolute atomic E-state index is 0.163. The van der Waals surface area contributed by atoms with E-state index in [1.54, 1.807) is 4.90 Å². The molecule has 4 amide bonds. The van der Waals surface area contributed by atoms with Gasteiger partial charge in [0, 0.05) is 12.1 Å². The van der Waals surface area contributed by atoms with Gasteiger partial charge in [-0.2, -0.15) is 18.3 Å². The normalized spacial score (nSPS) is 19.6. The summed E-state index contributed by atoms with van der Waals surface area (Å²) >= 11 is 0. The number of amides is 4. The van der Waals surface area contributed by atoms with Crippen molar-refractivity contribution in [1.29, 1.82) is 0 Å². The van der Waals surface area contributed by atoms with Crippen molar-refractivity contribution in [3.8, 4) is 11.1 Å². The van der Waals surface area contributed by atoms with E-state index in [9.17, 15) is 27.6 Å². The van der Waals surface area contributed by atoms with Gasteiger partial charge in [0.05, 0.1) is 23.5 Å². The Bertz CT molecular complexity index is 1000. The van der Waals surface area contributed by atoms with Crippen LogP contribution in [0, 0.1) is 0 Å². The van der Waals surface area contributed by atoms with Crippen LogP contribution in [0.4, 0.5) is 18.0 Å². The molecule has 2 aliphatic rings. The zero-order valence-corrected chi connectivity index (χ0v) is 16.4. The fourth-order valence-electron chi connectivity index (χ4n) is 4.01. The summed E-state index contributed by atoms with van der Waals surface area (Å²) in [5.74, 6) is -0.756. The van der Waals surface area contributed by atoms with Gasteiger partial charge in [-0.25, -0.2) is 4.79 Å². The number of benzene rings is 1. The van der Waals surface area contributed by atoms with Crippen molar-refractivity contribution < 1.29 is 27.6 Å². The molecule has 0 spiro atoms. The van der Waals surface area contributed by atoms with E-state index in [0.717, 1.165) is 29.9 Å². The Hall–Kier alpha value is -3.37. The van der Waals surface area contributed by atoms with E-state index in [1.165, 1.54) is 18.3 Å². The minimum atomic E-state index is -4.42. The molecule has 2 fully saturated rings. The lowest BCUT2D eigenvalue weighted by molar-refractivity contribution is -0.138. The summed E-state index contributed by atoms with van der Waals surface area (Å²) in [6.07, 6.45) is -0.595. The van der Waals surface area contributed by atoms with Crippen LogP contribution >= 0.6 is 0 Å². The second-order valence-corrected chi connectivity index (χ2v) is 7.58. The molecule has 1 aromatic heterocycles. The second-order valence-electron chi connectivity index (χ2n) is 7.58. The first-order valence-corrected chi connectivity index (χ1v) is 9.83. The summed E-state index contributed by atoms with van der Waals surface area (Å²) in [7, 11) is 0. The third kappa shape index (κ3) is 4.25. The van der Waals surface area contributed by atoms with Crippen molar-refractivity contribution in [3.05, 3.63) is 41.7 Å². The molecule has 0 unspecified atom stereocenters. The second kappa shape index (κ2) is 8.05. The molecule has 0 saturated carbocycles. The van der Waals surface area contributed by atoms with Crippen LogP contribution in [0.2, 0.25) is 0 Å². The smallest absolute Gasteiger partial charge is 0.333 e. The molecule has 0 radical (unpaired) electrons. The number of nitrogens with one attached hydrogen (secondary N) is 2. The van der Waals surface area contributed by atoms with E-state index in [-0.39, 0.29) is 25.0 Å². The average molecular weight is 435 g/mol. The molecular weight excluding hydrogens is 415 g/mol. The molecule has 2 N–H and O–H groups in total. The minimum Gasteiger partial charge on any atom is -0.333 e. The number of aromatic amines is 1. The largest absolute Gasteiger partial charge is 0.416 e. The van der Waals surface area contributed by atoms with E-state index >= 15 is 0 Å². The zero-order valence-electron chi connectivity index (χ0n) is 16.4. The number of rotatable bonds is 4. The van der Waals surface area contributed by atoms with Gasteiger partial charge in [-0.1, -0.05) is 12.1 Å².